The fourth-order valence-electron chi connectivity index (χ4n) is 1.47. The maximum Gasteiger partial charge on any atom is 0.213 e. The van der Waals surface area contributed by atoms with Gasteiger partial charge in [0.05, 0.1) is 0 Å². The molecule has 1 aromatic heterocycles. The number of hydrogen-bond donors (Lipinski definition) is 2. The van der Waals surface area contributed by atoms with Crippen molar-refractivity contribution in [3.05, 3.63) is 23.8 Å². The molecule has 9 heteroatoms. The highest BCUT2D eigenvalue weighted by molar-refractivity contribution is 7.99. The molecule has 7 nitrogen and oxygen atoms in total. The third kappa shape index (κ3) is 2.82. The summed E-state index contributed by atoms with van der Waals surface area (Å²) < 4.78 is 1.56. The Balaban J connectivity index is 2.48. The molecule has 19 heavy (non-hydrogen) atoms. The summed E-state index contributed by atoms with van der Waals surface area (Å²) in [5.74, 6) is 0.0718. The van der Waals surface area contributed by atoms with E-state index in [1.54, 1.807) is 11.7 Å². The molecule has 1 heterocycles. The minimum Gasteiger partial charge on any atom is -0.409 e. The minimum absolute atomic E-state index is 0.0718. The van der Waals surface area contributed by atoms with Crippen LogP contribution in [0.2, 0.25) is 0 Å². The van der Waals surface area contributed by atoms with Crippen LogP contribution in [-0.2, 0) is 7.05 Å². The van der Waals surface area contributed by atoms with Gasteiger partial charge in [-0.1, -0.05) is 11.2 Å². The van der Waals surface area contributed by atoms with Gasteiger partial charge in [-0.3, -0.25) is 0 Å². The Labute approximate surface area is 118 Å². The van der Waals surface area contributed by atoms with Gasteiger partial charge in [-0.25, -0.2) is 4.68 Å². The molecule has 0 aliphatic carbocycles. The molecule has 3 N–H and O–H groups in total. The van der Waals surface area contributed by atoms with E-state index in [9.17, 15) is 0 Å². The zero-order valence-electron chi connectivity index (χ0n) is 10.3. The largest absolute Gasteiger partial charge is 0.409 e. The molecule has 0 amide bonds. The number of nitrogens with zero attached hydrogens (tertiary/aromatic N) is 5. The highest BCUT2D eigenvalue weighted by Crippen LogP contribution is 2.33. The lowest BCUT2D eigenvalue weighted by molar-refractivity contribution is 0.318. The first kappa shape index (κ1) is 13.7. The van der Waals surface area contributed by atoms with E-state index in [2.05, 4.69) is 20.7 Å². The molecule has 0 saturated carbocycles. The highest BCUT2D eigenvalue weighted by atomic mass is 32.2. The first-order valence-electron chi connectivity index (χ1n) is 5.22. The molecule has 0 radical (unpaired) electrons. The number of amidine groups is 1. The normalized spacial score (nSPS) is 11.8. The molecule has 0 unspecified atom stereocenters. The minimum atomic E-state index is 0.0718. The smallest absolute Gasteiger partial charge is 0.213 e. The number of rotatable bonds is 4. The number of thioether (sulfide) groups is 1. The van der Waals surface area contributed by atoms with Crippen molar-refractivity contribution < 1.29 is 5.21 Å². The van der Waals surface area contributed by atoms with Crippen molar-refractivity contribution in [3.63, 3.8) is 0 Å². The van der Waals surface area contributed by atoms with Gasteiger partial charge in [0, 0.05) is 22.4 Å². The number of tetrazole rings is 1. The summed E-state index contributed by atoms with van der Waals surface area (Å²) in [4.78, 5) is 1.76. The molecule has 100 valence electrons. The van der Waals surface area contributed by atoms with Crippen molar-refractivity contribution in [1.29, 1.82) is 0 Å². The fourth-order valence-corrected chi connectivity index (χ4v) is 3.08. The highest BCUT2D eigenvalue weighted by Gasteiger charge is 2.15. The zero-order valence-corrected chi connectivity index (χ0v) is 11.9. The van der Waals surface area contributed by atoms with Crippen LogP contribution in [0.5, 0.6) is 0 Å². The number of hydrogen-bond acceptors (Lipinski definition) is 7. The Morgan fingerprint density at radius 2 is 2.16 bits per heavy atom. The second kappa shape index (κ2) is 5.93. The molecule has 0 aliphatic rings. The summed E-state index contributed by atoms with van der Waals surface area (Å²) in [6.07, 6.45) is 1.93. The van der Waals surface area contributed by atoms with Crippen molar-refractivity contribution in [3.8, 4) is 0 Å². The third-order valence-electron chi connectivity index (χ3n) is 2.35. The number of aryl methyl sites for hydroxylation is 1. The maximum absolute atomic E-state index is 8.91. The lowest BCUT2D eigenvalue weighted by Gasteiger charge is -2.10. The summed E-state index contributed by atoms with van der Waals surface area (Å²) in [5.41, 5.74) is 6.44. The molecule has 0 saturated heterocycles. The lowest BCUT2D eigenvalue weighted by Crippen LogP contribution is -2.15. The topological polar surface area (TPSA) is 102 Å². The standard InChI is InChI=1S/C10H12N6OS2/c1-16-10(12-14-15-16)19-7-5-3-4-6(18-2)8(7)9(11)13-17/h3-5,17H,1-2H3,(H2,11,13). The van der Waals surface area contributed by atoms with Crippen LogP contribution in [0.4, 0.5) is 0 Å². The Morgan fingerprint density at radius 3 is 2.74 bits per heavy atom. The predicted octanol–water partition coefficient (Wildman–Crippen LogP) is 1.18. The Hall–Kier alpha value is -1.74. The van der Waals surface area contributed by atoms with Crippen LogP contribution in [-0.4, -0.2) is 37.5 Å². The van der Waals surface area contributed by atoms with Gasteiger partial charge in [0.25, 0.3) is 0 Å². The van der Waals surface area contributed by atoms with Gasteiger partial charge < -0.3 is 10.9 Å². The number of benzene rings is 1. The Bertz CT molecular complexity index is 612. The predicted molar refractivity (Wildman–Crippen MR) is 73.7 cm³/mol. The van der Waals surface area contributed by atoms with Crippen LogP contribution in [0.15, 0.2) is 38.3 Å². The van der Waals surface area contributed by atoms with E-state index in [-0.39, 0.29) is 5.84 Å². The average Bonchev–Trinajstić information content (AvgIpc) is 2.83. The van der Waals surface area contributed by atoms with E-state index in [1.165, 1.54) is 23.5 Å². The fraction of sp³-hybridized carbons (Fsp3) is 0.200. The molecule has 0 fully saturated rings. The van der Waals surface area contributed by atoms with Crippen molar-refractivity contribution >= 4 is 29.4 Å². The molecule has 0 atom stereocenters. The van der Waals surface area contributed by atoms with Gasteiger partial charge in [-0.15, -0.1) is 16.9 Å². The molecule has 0 aliphatic heterocycles. The third-order valence-corrected chi connectivity index (χ3v) is 4.22. The van der Waals surface area contributed by atoms with Crippen LogP contribution in [0.1, 0.15) is 5.56 Å². The van der Waals surface area contributed by atoms with Gasteiger partial charge >= 0.3 is 0 Å². The number of oxime groups is 1. The van der Waals surface area contributed by atoms with Crippen LogP contribution in [0.3, 0.4) is 0 Å². The molecular formula is C10H12N6OS2. The molecular weight excluding hydrogens is 284 g/mol. The van der Waals surface area contributed by atoms with Crippen LogP contribution >= 0.6 is 23.5 Å². The van der Waals surface area contributed by atoms with Gasteiger partial charge in [0.1, 0.15) is 0 Å². The van der Waals surface area contributed by atoms with E-state index in [0.717, 1.165) is 9.79 Å². The lowest BCUT2D eigenvalue weighted by atomic mass is 10.2. The summed E-state index contributed by atoms with van der Waals surface area (Å²) >= 11 is 2.89. The number of aromatic nitrogens is 4. The van der Waals surface area contributed by atoms with Gasteiger partial charge in [0.15, 0.2) is 5.84 Å². The first-order valence-corrected chi connectivity index (χ1v) is 7.26. The van der Waals surface area contributed by atoms with Gasteiger partial charge in [0.2, 0.25) is 5.16 Å². The molecule has 2 rings (SSSR count). The molecule has 1 aromatic carbocycles. The van der Waals surface area contributed by atoms with Crippen molar-refractivity contribution in [1.82, 2.24) is 20.2 Å². The summed E-state index contributed by atoms with van der Waals surface area (Å²) in [7, 11) is 1.75. The second-order valence-electron chi connectivity index (χ2n) is 3.51. The van der Waals surface area contributed by atoms with Crippen LogP contribution in [0.25, 0.3) is 0 Å². The average molecular weight is 296 g/mol. The maximum atomic E-state index is 8.91. The Kier molecular flexibility index (Phi) is 4.27. The second-order valence-corrected chi connectivity index (χ2v) is 5.36. The number of nitrogens with two attached hydrogens (primary N) is 1. The molecule has 0 bridgehead atoms. The summed E-state index contributed by atoms with van der Waals surface area (Å²) in [6, 6.07) is 5.70. The van der Waals surface area contributed by atoms with Crippen molar-refractivity contribution in [2.75, 3.05) is 6.26 Å². The SMILES string of the molecule is CSc1cccc(Sc2nnnn2C)c1/C(N)=N/O. The van der Waals surface area contributed by atoms with E-state index >= 15 is 0 Å². The van der Waals surface area contributed by atoms with Gasteiger partial charge in [-0.05, 0) is 40.6 Å². The molecule has 2 aromatic rings. The quantitative estimate of drug-likeness (QED) is 0.287. The van der Waals surface area contributed by atoms with Crippen LogP contribution < -0.4 is 5.73 Å². The summed E-state index contributed by atoms with van der Waals surface area (Å²) in [5, 5.41) is 23.9. The monoisotopic (exact) mass is 296 g/mol. The van der Waals surface area contributed by atoms with E-state index < -0.39 is 0 Å². The Morgan fingerprint density at radius 1 is 1.42 bits per heavy atom. The van der Waals surface area contributed by atoms with E-state index in [0.29, 0.717) is 10.7 Å². The summed E-state index contributed by atoms with van der Waals surface area (Å²) in [6.45, 7) is 0. The van der Waals surface area contributed by atoms with E-state index in [4.69, 9.17) is 10.9 Å². The van der Waals surface area contributed by atoms with Crippen molar-refractivity contribution in [2.45, 2.75) is 14.9 Å². The first-order chi connectivity index (χ1) is 9.17. The molecule has 0 spiro atoms. The van der Waals surface area contributed by atoms with Crippen LogP contribution in [0, 0.1) is 0 Å². The zero-order chi connectivity index (χ0) is 13.8. The van der Waals surface area contributed by atoms with E-state index in [1.807, 2.05) is 24.5 Å². The van der Waals surface area contributed by atoms with Gasteiger partial charge in [-0.2, -0.15) is 0 Å². The van der Waals surface area contributed by atoms with Crippen molar-refractivity contribution in [2.24, 2.45) is 17.9 Å².